The number of carbonyl (C=O) groups is 1. The molecule has 4 aromatic rings. The fraction of sp³-hybridized carbons (Fsp3) is 0.393. The maximum atomic E-state index is 12.3. The normalized spacial score (nSPS) is 20.0. The molecule has 2 N–H and O–H groups in total. The number of pyridine rings is 1. The maximum absolute atomic E-state index is 12.3. The van der Waals surface area contributed by atoms with E-state index in [0.717, 1.165) is 59.6 Å². The summed E-state index contributed by atoms with van der Waals surface area (Å²) in [6.45, 7) is 6.79. The van der Waals surface area contributed by atoms with E-state index in [0.29, 0.717) is 34.7 Å². The van der Waals surface area contributed by atoms with Gasteiger partial charge in [0.25, 0.3) is 0 Å². The highest BCUT2D eigenvalue weighted by Crippen LogP contribution is 2.46. The van der Waals surface area contributed by atoms with Crippen molar-refractivity contribution in [2.24, 2.45) is 17.6 Å². The molecule has 8 heteroatoms. The monoisotopic (exact) mass is 485 g/mol. The van der Waals surface area contributed by atoms with E-state index in [1.807, 2.05) is 13.0 Å². The third-order valence-electron chi connectivity index (χ3n) is 7.46. The van der Waals surface area contributed by atoms with Crippen LogP contribution in [0.4, 0.5) is 0 Å². The molecule has 6 rings (SSSR count). The van der Waals surface area contributed by atoms with Gasteiger partial charge >= 0.3 is 5.97 Å². The Morgan fingerprint density at radius 1 is 1.25 bits per heavy atom. The molecular formula is C28H31N5O3. The fourth-order valence-corrected chi connectivity index (χ4v) is 5.22. The van der Waals surface area contributed by atoms with Crippen molar-refractivity contribution in [2.45, 2.75) is 44.8 Å². The maximum Gasteiger partial charge on any atom is 0.338 e. The summed E-state index contributed by atoms with van der Waals surface area (Å²) in [5.74, 6) is 2.12. The minimum Gasteiger partial charge on any atom is -0.494 e. The van der Waals surface area contributed by atoms with E-state index in [-0.39, 0.29) is 6.04 Å². The minimum absolute atomic E-state index is 0.153. The number of imidazole rings is 1. The number of carbonyl (C=O) groups excluding carboxylic acids is 1. The van der Waals surface area contributed by atoms with E-state index in [9.17, 15) is 4.79 Å². The van der Waals surface area contributed by atoms with Crippen molar-refractivity contribution in [3.63, 3.8) is 0 Å². The summed E-state index contributed by atoms with van der Waals surface area (Å²) < 4.78 is 15.3. The number of benzene rings is 1. The molecule has 36 heavy (non-hydrogen) atoms. The summed E-state index contributed by atoms with van der Waals surface area (Å²) in [7, 11) is 3.00. The number of allylic oxidation sites excluding steroid dienone is 1. The predicted molar refractivity (Wildman–Crippen MR) is 139 cm³/mol. The average Bonchev–Trinajstić information content (AvgIpc) is 3.80. The van der Waals surface area contributed by atoms with Gasteiger partial charge in [0.2, 0.25) is 0 Å². The number of methoxy groups -OCH3 is 2. The number of fused-ring (bicyclic) bond motifs is 2. The Morgan fingerprint density at radius 2 is 2.06 bits per heavy atom. The first-order valence-corrected chi connectivity index (χ1v) is 12.5. The van der Waals surface area contributed by atoms with E-state index >= 15 is 0 Å². The third kappa shape index (κ3) is 3.67. The number of nitrogens with zero attached hydrogens (tertiary/aromatic N) is 4. The molecule has 186 valence electrons. The molecule has 0 spiro atoms. The highest BCUT2D eigenvalue weighted by Gasteiger charge is 2.37. The Kier molecular flexibility index (Phi) is 5.37. The standard InChI is InChI=1S/C28H31N5O3/c1-5-16-10-19(16)14-32-23(12-17-6-9-21(15(2)29)30-26(17)32)27-31-22-11-18(28(34)36-4)13-24(35-3)25(22)33(27)20-7-8-20/h5-6,9,11-13,15-16,19-20H,1,7-8,10,14,29H2,2-4H3/t15-,16-,19-/m1/s1. The van der Waals surface area contributed by atoms with Crippen LogP contribution in [0, 0.1) is 11.8 Å². The molecule has 0 unspecified atom stereocenters. The Morgan fingerprint density at radius 3 is 2.69 bits per heavy atom. The van der Waals surface area contributed by atoms with E-state index in [2.05, 4.69) is 33.9 Å². The molecule has 3 heterocycles. The molecule has 8 nitrogen and oxygen atoms in total. The number of nitrogens with two attached hydrogens (primary N) is 1. The van der Waals surface area contributed by atoms with Crippen LogP contribution >= 0.6 is 0 Å². The zero-order valence-corrected chi connectivity index (χ0v) is 20.9. The lowest BCUT2D eigenvalue weighted by Gasteiger charge is -2.14. The number of esters is 1. The van der Waals surface area contributed by atoms with Gasteiger partial charge in [0, 0.05) is 24.0 Å². The summed E-state index contributed by atoms with van der Waals surface area (Å²) in [5.41, 5.74) is 11.0. The van der Waals surface area contributed by atoms with Gasteiger partial charge in [-0.3, -0.25) is 0 Å². The molecule has 2 aliphatic carbocycles. The number of hydrogen-bond donors (Lipinski definition) is 1. The average molecular weight is 486 g/mol. The van der Waals surface area contributed by atoms with Crippen molar-refractivity contribution in [3.05, 3.63) is 54.2 Å². The molecule has 0 saturated heterocycles. The van der Waals surface area contributed by atoms with Crippen LogP contribution in [-0.4, -0.2) is 39.3 Å². The molecule has 2 fully saturated rings. The largest absolute Gasteiger partial charge is 0.494 e. The molecule has 0 amide bonds. The van der Waals surface area contributed by atoms with Crippen LogP contribution in [0.1, 0.15) is 54.3 Å². The number of aromatic nitrogens is 4. The second-order valence-electron chi connectivity index (χ2n) is 10.0. The number of ether oxygens (including phenoxy) is 2. The summed E-state index contributed by atoms with van der Waals surface area (Å²) in [6, 6.07) is 9.98. The van der Waals surface area contributed by atoms with Crippen LogP contribution < -0.4 is 10.5 Å². The van der Waals surface area contributed by atoms with Gasteiger partial charge in [-0.15, -0.1) is 6.58 Å². The lowest BCUT2D eigenvalue weighted by atomic mass is 10.2. The van der Waals surface area contributed by atoms with Crippen molar-refractivity contribution >= 4 is 28.0 Å². The van der Waals surface area contributed by atoms with Gasteiger partial charge in [-0.2, -0.15) is 0 Å². The lowest BCUT2D eigenvalue weighted by molar-refractivity contribution is 0.0600. The molecule has 2 aliphatic rings. The van der Waals surface area contributed by atoms with Gasteiger partial charge < -0.3 is 24.3 Å². The zero-order valence-electron chi connectivity index (χ0n) is 20.9. The Hall–Kier alpha value is -3.65. The van der Waals surface area contributed by atoms with Crippen molar-refractivity contribution in [1.82, 2.24) is 19.1 Å². The van der Waals surface area contributed by atoms with Crippen LogP contribution in [0.5, 0.6) is 5.75 Å². The van der Waals surface area contributed by atoms with E-state index in [1.165, 1.54) is 7.11 Å². The minimum atomic E-state index is -0.413. The molecule has 0 bridgehead atoms. The molecule has 3 atom stereocenters. The summed E-state index contributed by atoms with van der Waals surface area (Å²) in [4.78, 5) is 22.4. The SMILES string of the molecule is C=C[C@@H]1C[C@@H]1Cn1c(-c2nc3cc(C(=O)OC)cc(OC)c3n2C2CC2)cc2ccc([C@@H](C)N)nc21. The third-order valence-corrected chi connectivity index (χ3v) is 7.46. The van der Waals surface area contributed by atoms with E-state index in [1.54, 1.807) is 19.2 Å². The second kappa shape index (κ2) is 8.48. The van der Waals surface area contributed by atoms with Gasteiger partial charge in [-0.1, -0.05) is 6.08 Å². The van der Waals surface area contributed by atoms with Crippen LogP contribution in [0.3, 0.4) is 0 Å². The van der Waals surface area contributed by atoms with E-state index < -0.39 is 5.97 Å². The molecular weight excluding hydrogens is 454 g/mol. The van der Waals surface area contributed by atoms with Crippen molar-refractivity contribution in [1.29, 1.82) is 0 Å². The smallest absolute Gasteiger partial charge is 0.338 e. The predicted octanol–water partition coefficient (Wildman–Crippen LogP) is 5.02. The highest BCUT2D eigenvalue weighted by molar-refractivity contribution is 5.97. The Balaban J connectivity index is 1.60. The molecule has 0 radical (unpaired) electrons. The summed E-state index contributed by atoms with van der Waals surface area (Å²) in [5, 5.41) is 1.06. The van der Waals surface area contributed by atoms with E-state index in [4.69, 9.17) is 25.2 Å². The summed E-state index contributed by atoms with van der Waals surface area (Å²) in [6.07, 6.45) is 5.34. The molecule has 3 aromatic heterocycles. The van der Waals surface area contributed by atoms with Crippen molar-refractivity contribution < 1.29 is 14.3 Å². The van der Waals surface area contributed by atoms with Crippen LogP contribution in [0.15, 0.2) is 43.0 Å². The van der Waals surface area contributed by atoms with Crippen LogP contribution in [-0.2, 0) is 11.3 Å². The zero-order chi connectivity index (χ0) is 25.1. The molecule has 0 aliphatic heterocycles. The van der Waals surface area contributed by atoms with Crippen LogP contribution in [0.2, 0.25) is 0 Å². The quantitative estimate of drug-likeness (QED) is 0.278. The lowest BCUT2D eigenvalue weighted by Crippen LogP contribution is -2.10. The van der Waals surface area contributed by atoms with Gasteiger partial charge in [-0.25, -0.2) is 14.8 Å². The first-order valence-electron chi connectivity index (χ1n) is 12.5. The van der Waals surface area contributed by atoms with Crippen LogP contribution in [0.25, 0.3) is 33.6 Å². The second-order valence-corrected chi connectivity index (χ2v) is 10.0. The topological polar surface area (TPSA) is 97.2 Å². The first kappa shape index (κ1) is 22.8. The van der Waals surface area contributed by atoms with Gasteiger partial charge in [0.1, 0.15) is 16.9 Å². The number of hydrogen-bond acceptors (Lipinski definition) is 6. The van der Waals surface area contributed by atoms with Crippen molar-refractivity contribution in [3.8, 4) is 17.3 Å². The fourth-order valence-electron chi connectivity index (χ4n) is 5.22. The Bertz CT molecular complexity index is 1510. The Labute approximate surface area is 209 Å². The molecule has 1 aromatic carbocycles. The van der Waals surface area contributed by atoms with Gasteiger partial charge in [-0.05, 0) is 68.4 Å². The molecule has 2 saturated carbocycles. The van der Waals surface area contributed by atoms with Gasteiger partial charge in [0.05, 0.1) is 36.7 Å². The highest BCUT2D eigenvalue weighted by atomic mass is 16.5. The van der Waals surface area contributed by atoms with Crippen molar-refractivity contribution in [2.75, 3.05) is 14.2 Å². The summed E-state index contributed by atoms with van der Waals surface area (Å²) >= 11 is 0. The van der Waals surface area contributed by atoms with Gasteiger partial charge in [0.15, 0.2) is 5.82 Å². The number of rotatable bonds is 8. The first-order chi connectivity index (χ1) is 17.4.